The molecule has 1 amide bonds. The van der Waals surface area contributed by atoms with Gasteiger partial charge in [0.05, 0.1) is 18.3 Å². The molecule has 34 heavy (non-hydrogen) atoms. The maximum absolute atomic E-state index is 13.2. The van der Waals surface area contributed by atoms with E-state index in [1.54, 1.807) is 12.4 Å². The van der Waals surface area contributed by atoms with Crippen molar-refractivity contribution < 1.29 is 9.53 Å². The van der Waals surface area contributed by atoms with Crippen molar-refractivity contribution in [3.8, 4) is 10.6 Å². The van der Waals surface area contributed by atoms with E-state index in [0.29, 0.717) is 5.82 Å². The molecule has 1 aliphatic heterocycles. The molecule has 3 aromatic heterocycles. The molecule has 3 aromatic rings. The highest BCUT2D eigenvalue weighted by Crippen LogP contribution is 2.39. The highest BCUT2D eigenvalue weighted by atomic mass is 32.1. The number of nitrogens with one attached hydrogen (secondary N) is 1. The molecule has 0 aliphatic carbocycles. The minimum atomic E-state index is -0.446. The summed E-state index contributed by atoms with van der Waals surface area (Å²) in [6, 6.07) is 3.85. The number of hydrogen-bond donors (Lipinski definition) is 1. The first-order valence-corrected chi connectivity index (χ1v) is 12.3. The molecule has 4 heterocycles. The first kappa shape index (κ1) is 25.1. The fourth-order valence-electron chi connectivity index (χ4n) is 4.59. The van der Waals surface area contributed by atoms with Crippen LogP contribution in [0.25, 0.3) is 21.5 Å². The maximum atomic E-state index is 13.2. The van der Waals surface area contributed by atoms with Crippen molar-refractivity contribution in [3.05, 3.63) is 29.5 Å². The van der Waals surface area contributed by atoms with Gasteiger partial charge in [0.25, 0.3) is 0 Å². The van der Waals surface area contributed by atoms with Gasteiger partial charge in [0.15, 0.2) is 0 Å². The summed E-state index contributed by atoms with van der Waals surface area (Å²) >= 11 is 1.52. The third-order valence-electron chi connectivity index (χ3n) is 7.72. The molecule has 0 unspecified atom stereocenters. The van der Waals surface area contributed by atoms with E-state index >= 15 is 0 Å². The van der Waals surface area contributed by atoms with Crippen molar-refractivity contribution in [2.45, 2.75) is 28.4 Å². The summed E-state index contributed by atoms with van der Waals surface area (Å²) in [5.74, 6) is 0.373. The molecule has 1 saturated heterocycles. The molecule has 0 aromatic carbocycles. The van der Waals surface area contributed by atoms with Gasteiger partial charge in [-0.2, -0.15) is 0 Å². The smallest absolute Gasteiger partial charge is 0.239 e. The minimum Gasteiger partial charge on any atom is -0.403 e. The molecule has 17 heteroatoms. The molecule has 8 nitrogen and oxygen atoms in total. The average molecular weight is 465 g/mol. The van der Waals surface area contributed by atoms with Gasteiger partial charge in [-0.05, 0) is 29.7 Å². The second-order valence-electron chi connectivity index (χ2n) is 11.0. The molecule has 4 rings (SSSR count). The standard InChI is InChI=1S/C17H26B8N6O2S/c1-7-29-30-13(34-7)9-2-8-3-11(27-5-10(8)26-4-9)28-12(32)6-31-14(18,19)16(22,23)33-17(24,25)15(31,20)21/h2-5H,6,18-25H2,1H3,(H,27,28,32). The monoisotopic (exact) mass is 466 g/mol. The number of nitrogens with zero attached hydrogens (tertiary/aromatic N) is 5. The van der Waals surface area contributed by atoms with Crippen LogP contribution in [0.5, 0.6) is 0 Å². The van der Waals surface area contributed by atoms with Crippen molar-refractivity contribution in [2.24, 2.45) is 0 Å². The van der Waals surface area contributed by atoms with Gasteiger partial charge in [-0.3, -0.25) is 9.78 Å². The van der Waals surface area contributed by atoms with Crippen LogP contribution >= 0.6 is 11.3 Å². The van der Waals surface area contributed by atoms with E-state index in [4.69, 9.17) is 4.74 Å². The van der Waals surface area contributed by atoms with Gasteiger partial charge >= 0.3 is 0 Å². The summed E-state index contributed by atoms with van der Waals surface area (Å²) in [6.07, 6.45) is 3.45. The first-order chi connectivity index (χ1) is 15.6. The van der Waals surface area contributed by atoms with Crippen LogP contribution in [0.2, 0.25) is 0 Å². The topological polar surface area (TPSA) is 93.1 Å². The van der Waals surface area contributed by atoms with Gasteiger partial charge in [0.1, 0.15) is 78.6 Å². The number of pyridine rings is 2. The molecule has 1 fully saturated rings. The van der Waals surface area contributed by atoms with Crippen LogP contribution in [0.4, 0.5) is 5.82 Å². The van der Waals surface area contributed by atoms with Crippen LogP contribution in [-0.2, 0) is 9.53 Å². The van der Waals surface area contributed by atoms with Gasteiger partial charge in [0, 0.05) is 27.9 Å². The highest BCUT2D eigenvalue weighted by molar-refractivity contribution is 7.14. The van der Waals surface area contributed by atoms with Crippen LogP contribution in [0.1, 0.15) is 5.01 Å². The Morgan fingerprint density at radius 3 is 2.24 bits per heavy atom. The van der Waals surface area contributed by atoms with Gasteiger partial charge < -0.3 is 15.0 Å². The van der Waals surface area contributed by atoms with Gasteiger partial charge in [0.2, 0.25) is 5.91 Å². The third kappa shape index (κ3) is 4.26. The molecule has 0 saturated carbocycles. The summed E-state index contributed by atoms with van der Waals surface area (Å²) in [5, 5.41) is 12.2. The normalized spacial score (nSPS) is 20.6. The Hall–Kier alpha value is -1.97. The van der Waals surface area contributed by atoms with Gasteiger partial charge in [-0.25, -0.2) is 4.98 Å². The summed E-state index contributed by atoms with van der Waals surface area (Å²) in [6.45, 7) is 2.14. The van der Waals surface area contributed by atoms with Gasteiger partial charge in [-0.1, -0.05) is 11.3 Å². The molecule has 0 bridgehead atoms. The summed E-state index contributed by atoms with van der Waals surface area (Å²) < 4.78 is 6.52. The molecule has 1 N–H and O–H groups in total. The number of amides is 1. The Morgan fingerprint density at radius 1 is 1.00 bits per heavy atom. The predicted octanol–water partition coefficient (Wildman–Crippen LogP) is -6.59. The summed E-state index contributed by atoms with van der Waals surface area (Å²) in [5.41, 5.74) is 1.64. The van der Waals surface area contributed by atoms with Crippen molar-refractivity contribution >= 4 is 96.7 Å². The van der Waals surface area contributed by atoms with E-state index in [9.17, 15) is 4.79 Å². The first-order valence-electron chi connectivity index (χ1n) is 11.5. The predicted molar refractivity (Wildman–Crippen MR) is 159 cm³/mol. The van der Waals surface area contributed by atoms with E-state index in [2.05, 4.69) is 93.2 Å². The largest absolute Gasteiger partial charge is 0.403 e. The zero-order chi connectivity index (χ0) is 25.1. The number of fused-ring (bicyclic) bond motifs is 1. The number of rotatable bonds is 4. The molecule has 0 atom stereocenters. The summed E-state index contributed by atoms with van der Waals surface area (Å²) in [7, 11) is 16.9. The quantitative estimate of drug-likeness (QED) is 0.384. The fourth-order valence-corrected chi connectivity index (χ4v) is 5.26. The number of aromatic nitrogens is 4. The Balaban J connectivity index is 1.58. The van der Waals surface area contributed by atoms with Crippen molar-refractivity contribution in [3.63, 3.8) is 0 Å². The van der Waals surface area contributed by atoms with E-state index < -0.39 is 10.8 Å². The fraction of sp³-hybridized carbons (Fsp3) is 0.353. The number of morpholine rings is 1. The molecule has 1 aliphatic rings. The zero-order valence-electron chi connectivity index (χ0n) is 21.5. The lowest BCUT2D eigenvalue weighted by molar-refractivity contribution is -0.131. The number of hydrogen-bond acceptors (Lipinski definition) is 8. The molecular formula is C17H26B8N6O2S. The lowest BCUT2D eigenvalue weighted by Gasteiger charge is -2.68. The highest BCUT2D eigenvalue weighted by Gasteiger charge is 2.58. The van der Waals surface area contributed by atoms with Crippen molar-refractivity contribution in [1.29, 1.82) is 0 Å². The van der Waals surface area contributed by atoms with Gasteiger partial charge in [-0.15, -0.1) is 10.2 Å². The SMILES string of the molecule is BC1(B)OC(B)(B)C(B)(B)N(CC(=O)Nc2cc3cc(-c4nnc(C)s4)cnc3cn2)C1(B)B. The Kier molecular flexibility index (Phi) is 6.14. The van der Waals surface area contributed by atoms with Crippen LogP contribution in [0, 0.1) is 6.92 Å². The van der Waals surface area contributed by atoms with Crippen molar-refractivity contribution in [2.75, 3.05) is 11.9 Å². The Bertz CT molecular complexity index is 1240. The Labute approximate surface area is 211 Å². The molecule has 166 valence electrons. The van der Waals surface area contributed by atoms with E-state index in [-0.39, 0.29) is 23.1 Å². The lowest BCUT2D eigenvalue weighted by Crippen LogP contribution is -2.86. The van der Waals surface area contributed by atoms with E-state index in [1.165, 1.54) is 11.3 Å². The number of carbonyl (C=O) groups is 1. The van der Waals surface area contributed by atoms with Crippen molar-refractivity contribution in [1.82, 2.24) is 25.1 Å². The molecular weight excluding hydrogens is 439 g/mol. The molecule has 0 spiro atoms. The second kappa shape index (κ2) is 8.31. The molecule has 0 radical (unpaired) electrons. The number of carbonyl (C=O) groups excluding carboxylic acids is 1. The minimum absolute atomic E-state index is 0.120. The number of ether oxygens (including phenoxy) is 1. The van der Waals surface area contributed by atoms with E-state index in [0.717, 1.165) is 26.5 Å². The zero-order valence-corrected chi connectivity index (χ0v) is 22.3. The number of anilines is 1. The van der Waals surface area contributed by atoms with Crippen LogP contribution < -0.4 is 5.32 Å². The van der Waals surface area contributed by atoms with E-state index in [1.807, 2.05) is 19.1 Å². The Morgan fingerprint density at radius 2 is 1.65 bits per heavy atom. The van der Waals surface area contributed by atoms with Crippen LogP contribution in [0.3, 0.4) is 0 Å². The van der Waals surface area contributed by atoms with Crippen LogP contribution in [0.15, 0.2) is 24.5 Å². The lowest BCUT2D eigenvalue weighted by atomic mass is 9.30. The summed E-state index contributed by atoms with van der Waals surface area (Å²) in [4.78, 5) is 24.4. The second-order valence-corrected chi connectivity index (χ2v) is 12.2. The number of aryl methyl sites for hydroxylation is 1. The average Bonchev–Trinajstić information content (AvgIpc) is 3.16. The van der Waals surface area contributed by atoms with Crippen LogP contribution in [-0.4, -0.2) is 122 Å². The maximum Gasteiger partial charge on any atom is 0.239 e. The third-order valence-corrected chi connectivity index (χ3v) is 8.60.